The number of carbonyl (C=O) groups is 1. The average molecular weight is 248 g/mol. The van der Waals surface area contributed by atoms with Crippen LogP contribution in [0.3, 0.4) is 0 Å². The number of rotatable bonds is 2. The van der Waals surface area contributed by atoms with E-state index >= 15 is 0 Å². The van der Waals surface area contributed by atoms with E-state index in [0.717, 1.165) is 0 Å². The summed E-state index contributed by atoms with van der Waals surface area (Å²) in [5, 5.41) is 3.43. The molecule has 1 aromatic carbocycles. The van der Waals surface area contributed by atoms with Crippen molar-refractivity contribution in [2.75, 3.05) is 0 Å². The lowest BCUT2D eigenvalue weighted by Gasteiger charge is -2.08. The SMILES string of the molecule is CC(C)NC(=O)c1cc2cc(F)ccc2c(=O)[nH]1. The Kier molecular flexibility index (Phi) is 3.14. The van der Waals surface area contributed by atoms with E-state index in [2.05, 4.69) is 10.3 Å². The third-order valence-corrected chi connectivity index (χ3v) is 2.47. The fourth-order valence-corrected chi connectivity index (χ4v) is 1.70. The molecule has 0 aliphatic carbocycles. The molecule has 2 N–H and O–H groups in total. The van der Waals surface area contributed by atoms with Gasteiger partial charge in [0, 0.05) is 11.4 Å². The van der Waals surface area contributed by atoms with Crippen LogP contribution in [0.1, 0.15) is 24.3 Å². The summed E-state index contributed by atoms with van der Waals surface area (Å²) in [5.41, 5.74) is -0.270. The lowest BCUT2D eigenvalue weighted by atomic mass is 10.1. The number of benzene rings is 1. The maximum atomic E-state index is 13.1. The first-order valence-electron chi connectivity index (χ1n) is 5.61. The van der Waals surface area contributed by atoms with Gasteiger partial charge in [0.2, 0.25) is 0 Å². The fraction of sp³-hybridized carbons (Fsp3) is 0.231. The van der Waals surface area contributed by atoms with Crippen molar-refractivity contribution in [1.82, 2.24) is 10.3 Å². The number of pyridine rings is 1. The van der Waals surface area contributed by atoms with Crippen molar-refractivity contribution in [2.24, 2.45) is 0 Å². The summed E-state index contributed by atoms with van der Waals surface area (Å²) in [6, 6.07) is 5.28. The number of nitrogens with one attached hydrogen (secondary N) is 2. The van der Waals surface area contributed by atoms with E-state index in [1.165, 1.54) is 24.3 Å². The van der Waals surface area contributed by atoms with Gasteiger partial charge in [0.1, 0.15) is 11.5 Å². The molecule has 94 valence electrons. The zero-order valence-corrected chi connectivity index (χ0v) is 10.1. The maximum Gasteiger partial charge on any atom is 0.268 e. The molecule has 2 rings (SSSR count). The van der Waals surface area contributed by atoms with Crippen LogP contribution in [0.2, 0.25) is 0 Å². The molecule has 0 fully saturated rings. The highest BCUT2D eigenvalue weighted by Gasteiger charge is 2.10. The summed E-state index contributed by atoms with van der Waals surface area (Å²) < 4.78 is 13.1. The molecule has 0 aliphatic heterocycles. The number of hydrogen-bond acceptors (Lipinski definition) is 2. The van der Waals surface area contributed by atoms with Crippen molar-refractivity contribution in [3.63, 3.8) is 0 Å². The zero-order chi connectivity index (χ0) is 13.3. The van der Waals surface area contributed by atoms with Gasteiger partial charge in [-0.2, -0.15) is 0 Å². The molecular formula is C13H13FN2O2. The van der Waals surface area contributed by atoms with Crippen LogP contribution in [0.25, 0.3) is 10.8 Å². The quantitative estimate of drug-likeness (QED) is 0.851. The van der Waals surface area contributed by atoms with Crippen LogP contribution in [0.15, 0.2) is 29.1 Å². The van der Waals surface area contributed by atoms with Gasteiger partial charge in [-0.25, -0.2) is 4.39 Å². The van der Waals surface area contributed by atoms with Gasteiger partial charge >= 0.3 is 0 Å². The fourth-order valence-electron chi connectivity index (χ4n) is 1.70. The predicted molar refractivity (Wildman–Crippen MR) is 67.1 cm³/mol. The Morgan fingerprint density at radius 2 is 2.06 bits per heavy atom. The number of carbonyl (C=O) groups excluding carboxylic acids is 1. The molecule has 0 atom stereocenters. The van der Waals surface area contributed by atoms with Crippen molar-refractivity contribution < 1.29 is 9.18 Å². The average Bonchev–Trinajstić information content (AvgIpc) is 2.27. The predicted octanol–water partition coefficient (Wildman–Crippen LogP) is 1.81. The van der Waals surface area contributed by atoms with E-state index in [1.807, 2.05) is 13.8 Å². The van der Waals surface area contributed by atoms with Crippen LogP contribution in [-0.4, -0.2) is 16.9 Å². The first kappa shape index (κ1) is 12.3. The van der Waals surface area contributed by atoms with Crippen LogP contribution in [-0.2, 0) is 0 Å². The molecule has 0 spiro atoms. The van der Waals surface area contributed by atoms with Gasteiger partial charge < -0.3 is 10.3 Å². The van der Waals surface area contributed by atoms with Crippen molar-refractivity contribution in [3.05, 3.63) is 46.1 Å². The second-order valence-corrected chi connectivity index (χ2v) is 4.37. The van der Waals surface area contributed by atoms with E-state index in [1.54, 1.807) is 0 Å². The second kappa shape index (κ2) is 4.60. The van der Waals surface area contributed by atoms with E-state index in [0.29, 0.717) is 10.8 Å². The Labute approximate surface area is 103 Å². The van der Waals surface area contributed by atoms with E-state index in [4.69, 9.17) is 0 Å². The van der Waals surface area contributed by atoms with E-state index in [9.17, 15) is 14.0 Å². The summed E-state index contributed by atoms with van der Waals surface area (Å²) in [7, 11) is 0. The molecule has 5 heteroatoms. The highest BCUT2D eigenvalue weighted by atomic mass is 19.1. The third-order valence-electron chi connectivity index (χ3n) is 2.47. The Morgan fingerprint density at radius 3 is 2.72 bits per heavy atom. The standard InChI is InChI=1S/C13H13FN2O2/c1-7(2)15-13(18)11-6-8-5-9(14)3-4-10(8)12(17)16-11/h3-7H,1-2H3,(H,15,18)(H,16,17). The highest BCUT2D eigenvalue weighted by molar-refractivity contribution is 5.96. The van der Waals surface area contributed by atoms with Gasteiger partial charge in [-0.1, -0.05) is 0 Å². The molecule has 2 aromatic rings. The highest BCUT2D eigenvalue weighted by Crippen LogP contribution is 2.12. The molecule has 0 radical (unpaired) electrons. The molecule has 1 heterocycles. The lowest BCUT2D eigenvalue weighted by Crippen LogP contribution is -2.31. The zero-order valence-electron chi connectivity index (χ0n) is 10.1. The van der Waals surface area contributed by atoms with Crippen LogP contribution in [0.4, 0.5) is 4.39 Å². The third kappa shape index (κ3) is 2.40. The number of hydrogen-bond donors (Lipinski definition) is 2. The molecule has 18 heavy (non-hydrogen) atoms. The van der Waals surface area contributed by atoms with Crippen molar-refractivity contribution in [1.29, 1.82) is 0 Å². The van der Waals surface area contributed by atoms with Crippen LogP contribution < -0.4 is 10.9 Å². The van der Waals surface area contributed by atoms with Gasteiger partial charge in [-0.3, -0.25) is 9.59 Å². The number of halogens is 1. The van der Waals surface area contributed by atoms with E-state index < -0.39 is 11.4 Å². The first-order chi connectivity index (χ1) is 8.47. The Bertz CT molecular complexity index is 662. The van der Waals surface area contributed by atoms with E-state index in [-0.39, 0.29) is 17.6 Å². The number of amides is 1. The van der Waals surface area contributed by atoms with Crippen molar-refractivity contribution >= 4 is 16.7 Å². The molecule has 0 unspecified atom stereocenters. The van der Waals surface area contributed by atoms with Crippen LogP contribution in [0.5, 0.6) is 0 Å². The topological polar surface area (TPSA) is 62.0 Å². The molecule has 0 saturated carbocycles. The van der Waals surface area contributed by atoms with Gasteiger partial charge in [-0.05, 0) is 43.5 Å². The monoisotopic (exact) mass is 248 g/mol. The minimum absolute atomic E-state index is 0.0378. The second-order valence-electron chi connectivity index (χ2n) is 4.37. The first-order valence-corrected chi connectivity index (χ1v) is 5.61. The minimum Gasteiger partial charge on any atom is -0.349 e. The van der Waals surface area contributed by atoms with Crippen molar-refractivity contribution in [3.8, 4) is 0 Å². The minimum atomic E-state index is -0.441. The molecule has 1 aromatic heterocycles. The Morgan fingerprint density at radius 1 is 1.33 bits per heavy atom. The van der Waals surface area contributed by atoms with Crippen LogP contribution in [0, 0.1) is 5.82 Å². The number of aromatic amines is 1. The van der Waals surface area contributed by atoms with Crippen molar-refractivity contribution in [2.45, 2.75) is 19.9 Å². The van der Waals surface area contributed by atoms with Gasteiger partial charge in [0.05, 0.1) is 0 Å². The Hall–Kier alpha value is -2.17. The molecular weight excluding hydrogens is 235 g/mol. The number of aromatic nitrogens is 1. The smallest absolute Gasteiger partial charge is 0.268 e. The number of H-pyrrole nitrogens is 1. The summed E-state index contributed by atoms with van der Waals surface area (Å²) in [5.74, 6) is -0.823. The molecule has 1 amide bonds. The summed E-state index contributed by atoms with van der Waals surface area (Å²) in [4.78, 5) is 26.0. The molecule has 4 nitrogen and oxygen atoms in total. The lowest BCUT2D eigenvalue weighted by molar-refractivity contribution is 0.0938. The number of fused-ring (bicyclic) bond motifs is 1. The van der Waals surface area contributed by atoms with Gasteiger partial charge in [-0.15, -0.1) is 0 Å². The maximum absolute atomic E-state index is 13.1. The molecule has 0 aliphatic rings. The summed E-state index contributed by atoms with van der Waals surface area (Å²) >= 11 is 0. The summed E-state index contributed by atoms with van der Waals surface area (Å²) in [6.07, 6.45) is 0. The van der Waals surface area contributed by atoms with Gasteiger partial charge in [0.25, 0.3) is 11.5 Å². The van der Waals surface area contributed by atoms with Crippen LogP contribution >= 0.6 is 0 Å². The Balaban J connectivity index is 2.54. The normalized spacial score (nSPS) is 10.9. The van der Waals surface area contributed by atoms with Gasteiger partial charge in [0.15, 0.2) is 0 Å². The summed E-state index contributed by atoms with van der Waals surface area (Å²) in [6.45, 7) is 3.63. The molecule has 0 saturated heterocycles. The molecule has 0 bridgehead atoms. The largest absolute Gasteiger partial charge is 0.349 e.